The smallest absolute Gasteiger partial charge is 0.261 e. The number of amides is 2. The van der Waals surface area contributed by atoms with Crippen molar-refractivity contribution < 1.29 is 9.59 Å². The lowest BCUT2D eigenvalue weighted by molar-refractivity contribution is -0.120. The van der Waals surface area contributed by atoms with Crippen LogP contribution in [0.3, 0.4) is 0 Å². The highest BCUT2D eigenvalue weighted by atomic mass is 35.5. The number of halogens is 1. The molecule has 0 spiro atoms. The highest BCUT2D eigenvalue weighted by Gasteiger charge is 2.39. The lowest BCUT2D eigenvalue weighted by atomic mass is 9.93. The quantitative estimate of drug-likeness (QED) is 0.435. The van der Waals surface area contributed by atoms with E-state index in [0.29, 0.717) is 49.6 Å². The third kappa shape index (κ3) is 3.03. The normalized spacial score (nSPS) is 21.7. The minimum absolute atomic E-state index is 0.209. The van der Waals surface area contributed by atoms with Gasteiger partial charge in [0.25, 0.3) is 11.8 Å². The molecule has 4 rings (SSSR count). The molecule has 1 saturated heterocycles. The summed E-state index contributed by atoms with van der Waals surface area (Å²) in [6.07, 6.45) is 5.07. The number of imide groups is 1. The Morgan fingerprint density at radius 2 is 1.77 bits per heavy atom. The van der Waals surface area contributed by atoms with Gasteiger partial charge in [-0.1, -0.05) is 47.8 Å². The molecule has 0 saturated carbocycles. The van der Waals surface area contributed by atoms with Gasteiger partial charge in [-0.3, -0.25) is 9.59 Å². The van der Waals surface area contributed by atoms with E-state index in [2.05, 4.69) is 5.32 Å². The molecule has 0 unspecified atom stereocenters. The van der Waals surface area contributed by atoms with E-state index in [-0.39, 0.29) is 11.8 Å². The lowest BCUT2D eigenvalue weighted by Gasteiger charge is -2.16. The number of benzene rings is 1. The Bertz CT molecular complexity index is 924. The fraction of sp³-hybridized carbons (Fsp3) is 0.222. The van der Waals surface area contributed by atoms with Gasteiger partial charge in [0.15, 0.2) is 0 Å². The van der Waals surface area contributed by atoms with Gasteiger partial charge in [0.05, 0.1) is 5.69 Å². The molecule has 0 atom stereocenters. The van der Waals surface area contributed by atoms with E-state index in [4.69, 9.17) is 36.0 Å². The number of carbonyl (C=O) groups is 2. The average molecular weight is 421 g/mol. The molecule has 1 N–H and O–H groups in total. The van der Waals surface area contributed by atoms with Crippen LogP contribution in [0, 0.1) is 0 Å². The van der Waals surface area contributed by atoms with Crippen LogP contribution in [0.5, 0.6) is 0 Å². The van der Waals surface area contributed by atoms with Crippen LogP contribution >= 0.6 is 47.8 Å². The molecule has 3 aliphatic rings. The topological polar surface area (TPSA) is 49.4 Å². The number of rotatable bonds is 2. The number of thioether (sulfide) groups is 1. The van der Waals surface area contributed by atoms with Crippen LogP contribution in [0.4, 0.5) is 5.69 Å². The lowest BCUT2D eigenvalue weighted by Crippen LogP contribution is -2.31. The highest BCUT2D eigenvalue weighted by Crippen LogP contribution is 2.37. The summed E-state index contributed by atoms with van der Waals surface area (Å²) in [6.45, 7) is 0. The number of nitrogens with zero attached hydrogens (tertiary/aromatic N) is 1. The van der Waals surface area contributed by atoms with Crippen molar-refractivity contribution in [2.75, 3.05) is 4.90 Å². The van der Waals surface area contributed by atoms with E-state index in [1.165, 1.54) is 16.7 Å². The van der Waals surface area contributed by atoms with Crippen molar-refractivity contribution in [1.82, 2.24) is 5.32 Å². The Kier molecular flexibility index (Phi) is 4.73. The largest absolute Gasteiger partial charge is 0.331 e. The van der Waals surface area contributed by atoms with Gasteiger partial charge in [-0.05, 0) is 55.5 Å². The molecule has 8 heteroatoms. The first kappa shape index (κ1) is 17.9. The second kappa shape index (κ2) is 6.88. The summed E-state index contributed by atoms with van der Waals surface area (Å²) in [7, 11) is 0. The summed E-state index contributed by atoms with van der Waals surface area (Å²) >= 11 is 18.0. The maximum absolute atomic E-state index is 12.7. The number of nitrogens with one attached hydrogen (secondary N) is 1. The van der Waals surface area contributed by atoms with Crippen molar-refractivity contribution in [2.45, 2.75) is 25.7 Å². The van der Waals surface area contributed by atoms with Gasteiger partial charge < -0.3 is 5.32 Å². The second-order valence-corrected chi connectivity index (χ2v) is 8.70. The summed E-state index contributed by atoms with van der Waals surface area (Å²) in [5.74, 6) is -0.418. The van der Waals surface area contributed by atoms with Crippen molar-refractivity contribution in [3.8, 4) is 0 Å². The number of hydrogen-bond donors (Lipinski definition) is 1. The van der Waals surface area contributed by atoms with E-state index in [9.17, 15) is 9.59 Å². The van der Waals surface area contributed by atoms with Crippen LogP contribution in [0.25, 0.3) is 6.08 Å². The maximum atomic E-state index is 12.7. The molecule has 0 bridgehead atoms. The Labute approximate surface area is 170 Å². The molecule has 132 valence electrons. The molecule has 0 radical (unpaired) electrons. The minimum Gasteiger partial charge on any atom is -0.331 e. The van der Waals surface area contributed by atoms with Crippen molar-refractivity contribution in [1.29, 1.82) is 0 Å². The molecular formula is C18H13ClN2O2S3. The third-order valence-electron chi connectivity index (χ3n) is 4.56. The van der Waals surface area contributed by atoms with Crippen LogP contribution in [-0.2, 0) is 9.59 Å². The van der Waals surface area contributed by atoms with Gasteiger partial charge in [0, 0.05) is 21.1 Å². The zero-order valence-corrected chi connectivity index (χ0v) is 16.7. The summed E-state index contributed by atoms with van der Waals surface area (Å²) in [5.41, 5.74) is 2.54. The molecule has 2 aliphatic heterocycles. The predicted octanol–water partition coefficient (Wildman–Crippen LogP) is 4.37. The SMILES string of the molecule is O=C1C2=C(CCCC2)C(=O)N1c1ccc(Cl)c(/C=C2\SC(=S)NC2=S)c1. The summed E-state index contributed by atoms with van der Waals surface area (Å²) in [5, 5.41) is 3.43. The van der Waals surface area contributed by atoms with Crippen molar-refractivity contribution in [2.24, 2.45) is 0 Å². The van der Waals surface area contributed by atoms with E-state index in [1.807, 2.05) is 6.08 Å². The molecule has 1 aromatic rings. The molecule has 26 heavy (non-hydrogen) atoms. The number of thiocarbonyl (C=S) groups is 2. The zero-order chi connectivity index (χ0) is 18.4. The standard InChI is InChI=1S/C18H13ClN2O2S3/c19-13-6-5-10(7-9(13)8-14-15(24)20-18(25)26-14)21-16(22)11-3-1-2-4-12(11)17(21)23/h5-8H,1-4H2,(H,20,24,25)/b14-8-. The summed E-state index contributed by atoms with van der Waals surface area (Å²) in [6, 6.07) is 5.13. The molecule has 4 nitrogen and oxygen atoms in total. The molecule has 0 aromatic heterocycles. The third-order valence-corrected chi connectivity index (χ3v) is 6.53. The van der Waals surface area contributed by atoms with Crippen molar-refractivity contribution in [3.05, 3.63) is 44.8 Å². The van der Waals surface area contributed by atoms with Crippen LogP contribution in [-0.4, -0.2) is 21.1 Å². The molecular weight excluding hydrogens is 408 g/mol. The fourth-order valence-electron chi connectivity index (χ4n) is 3.32. The van der Waals surface area contributed by atoms with E-state index >= 15 is 0 Å². The first-order valence-corrected chi connectivity index (χ1v) is 10.1. The number of hydrogen-bond acceptors (Lipinski definition) is 5. The second-order valence-electron chi connectivity index (χ2n) is 6.17. The number of carbonyl (C=O) groups excluding carboxylic acids is 2. The van der Waals surface area contributed by atoms with E-state index in [1.54, 1.807) is 18.2 Å². The van der Waals surface area contributed by atoms with Gasteiger partial charge >= 0.3 is 0 Å². The maximum Gasteiger partial charge on any atom is 0.261 e. The van der Waals surface area contributed by atoms with E-state index < -0.39 is 0 Å². The summed E-state index contributed by atoms with van der Waals surface area (Å²) in [4.78, 5) is 28.1. The van der Waals surface area contributed by atoms with Gasteiger partial charge in [-0.25, -0.2) is 4.90 Å². The van der Waals surface area contributed by atoms with Crippen LogP contribution < -0.4 is 10.2 Å². The highest BCUT2D eigenvalue weighted by molar-refractivity contribution is 8.27. The van der Waals surface area contributed by atoms with Crippen LogP contribution in [0.1, 0.15) is 31.2 Å². The predicted molar refractivity (Wildman–Crippen MR) is 113 cm³/mol. The number of anilines is 1. The Morgan fingerprint density at radius 1 is 1.12 bits per heavy atom. The van der Waals surface area contributed by atoms with Gasteiger partial charge in [-0.2, -0.15) is 0 Å². The van der Waals surface area contributed by atoms with Crippen LogP contribution in [0.2, 0.25) is 5.02 Å². The molecule has 1 aliphatic carbocycles. The van der Waals surface area contributed by atoms with E-state index in [0.717, 1.165) is 17.7 Å². The van der Waals surface area contributed by atoms with Gasteiger partial charge in [-0.15, -0.1) is 0 Å². The van der Waals surface area contributed by atoms with Crippen molar-refractivity contribution in [3.63, 3.8) is 0 Å². The first-order valence-electron chi connectivity index (χ1n) is 8.11. The monoisotopic (exact) mass is 420 g/mol. The Balaban J connectivity index is 1.70. The molecule has 1 fully saturated rings. The molecule has 2 heterocycles. The van der Waals surface area contributed by atoms with Gasteiger partial charge in [0.2, 0.25) is 0 Å². The average Bonchev–Trinajstić information content (AvgIpc) is 3.07. The Hall–Kier alpha value is -1.54. The summed E-state index contributed by atoms with van der Waals surface area (Å²) < 4.78 is 0.593. The molecule has 1 aromatic carbocycles. The molecule has 2 amide bonds. The van der Waals surface area contributed by atoms with Gasteiger partial charge in [0.1, 0.15) is 9.31 Å². The first-order chi connectivity index (χ1) is 12.5. The fourth-order valence-corrected chi connectivity index (χ4v) is 4.96. The van der Waals surface area contributed by atoms with Crippen molar-refractivity contribution >= 4 is 80.7 Å². The Morgan fingerprint density at radius 3 is 2.35 bits per heavy atom. The van der Waals surface area contributed by atoms with Crippen LogP contribution in [0.15, 0.2) is 34.3 Å². The zero-order valence-electron chi connectivity index (χ0n) is 13.5. The minimum atomic E-state index is -0.209.